The predicted octanol–water partition coefficient (Wildman–Crippen LogP) is 4.17. The molecule has 7 atom stereocenters. The number of benzene rings is 2. The van der Waals surface area contributed by atoms with Gasteiger partial charge in [0, 0.05) is 37.4 Å². The average Bonchev–Trinajstić information content (AvgIpc) is 3.79. The van der Waals surface area contributed by atoms with Crippen LogP contribution in [0, 0.1) is 11.8 Å². The molecule has 3 amide bonds. The molecule has 2 aromatic rings. The number of nitrogens with one attached hydrogen (secondary N) is 1. The Morgan fingerprint density at radius 3 is 2.38 bits per heavy atom. The molecule has 3 saturated heterocycles. The lowest BCUT2D eigenvalue weighted by Gasteiger charge is -2.38. The van der Waals surface area contributed by atoms with Gasteiger partial charge in [-0.25, -0.2) is 0 Å². The number of hydrogen-bond acceptors (Lipinski definition) is 8. The monoisotopic (exact) mass is 686 g/mol. The van der Waals surface area contributed by atoms with E-state index in [1.807, 2.05) is 54.6 Å². The molecular weight excluding hydrogens is 636 g/mol. The van der Waals surface area contributed by atoms with Gasteiger partial charge in [0.25, 0.3) is 5.91 Å². The van der Waals surface area contributed by atoms with Crippen LogP contribution in [-0.4, -0.2) is 90.3 Å². The van der Waals surface area contributed by atoms with E-state index in [1.165, 1.54) is 4.90 Å². The van der Waals surface area contributed by atoms with Crippen LogP contribution in [0.3, 0.4) is 0 Å². The number of esters is 1. The minimum absolute atomic E-state index is 0.0477. The first-order valence-corrected chi connectivity index (χ1v) is 17.7. The standard InChI is InChI=1S/C39H50N4O7/c1-6-10-16-32(45)40-24-31(27-14-12-11-13-15-27)49-38(48)33-30-21-22-39(50-30)34(33)36(46)43(26(5)25-44)35(39)37(47)42(23-7-2)29-19-17-28(18-20-29)41(8-3)9-4/h6-7,11-15,17-20,26,30-31,33-35,44H,1-2,8-10,16,21-25H2,3-5H3,(H,40,45)/t26-,30+,31+,33-,34-,35+,39-/m1/s1. The quantitative estimate of drug-likeness (QED) is 0.188. The number of amides is 3. The lowest BCUT2D eigenvalue weighted by molar-refractivity contribution is -0.161. The van der Waals surface area contributed by atoms with Crippen molar-refractivity contribution in [3.8, 4) is 0 Å². The number of aliphatic hydroxyl groups is 1. The third kappa shape index (κ3) is 6.93. The molecule has 11 heteroatoms. The zero-order valence-electron chi connectivity index (χ0n) is 29.3. The maximum absolute atomic E-state index is 14.8. The van der Waals surface area contributed by atoms with Crippen LogP contribution in [0.25, 0.3) is 0 Å². The summed E-state index contributed by atoms with van der Waals surface area (Å²) in [5.41, 5.74) is 1.07. The van der Waals surface area contributed by atoms with Crippen molar-refractivity contribution >= 4 is 35.1 Å². The van der Waals surface area contributed by atoms with E-state index in [0.717, 1.165) is 18.8 Å². The minimum atomic E-state index is -1.28. The highest BCUT2D eigenvalue weighted by molar-refractivity contribution is 6.05. The molecule has 2 N–H and O–H groups in total. The maximum Gasteiger partial charge on any atom is 0.313 e. The number of anilines is 2. The van der Waals surface area contributed by atoms with E-state index < -0.39 is 53.6 Å². The zero-order valence-corrected chi connectivity index (χ0v) is 29.3. The Kier molecular flexibility index (Phi) is 11.8. The van der Waals surface area contributed by atoms with Gasteiger partial charge < -0.3 is 34.6 Å². The van der Waals surface area contributed by atoms with Gasteiger partial charge in [0.15, 0.2) is 0 Å². The summed E-state index contributed by atoms with van der Waals surface area (Å²) in [5, 5.41) is 13.1. The number of aliphatic hydroxyl groups excluding tert-OH is 1. The number of allylic oxidation sites excluding steroid dienone is 1. The van der Waals surface area contributed by atoms with Gasteiger partial charge in [-0.2, -0.15) is 0 Å². The topological polar surface area (TPSA) is 129 Å². The second kappa shape index (κ2) is 16.0. The Morgan fingerprint density at radius 2 is 1.76 bits per heavy atom. The summed E-state index contributed by atoms with van der Waals surface area (Å²) in [7, 11) is 0. The van der Waals surface area contributed by atoms with E-state index in [1.54, 1.807) is 24.0 Å². The van der Waals surface area contributed by atoms with Crippen LogP contribution >= 0.6 is 0 Å². The first-order valence-electron chi connectivity index (χ1n) is 17.7. The highest BCUT2D eigenvalue weighted by atomic mass is 16.6. The molecule has 0 aromatic heterocycles. The number of hydrogen-bond donors (Lipinski definition) is 2. The van der Waals surface area contributed by atoms with Gasteiger partial charge in [-0.05, 0) is 69.9 Å². The molecule has 0 saturated carbocycles. The molecule has 50 heavy (non-hydrogen) atoms. The summed E-state index contributed by atoms with van der Waals surface area (Å²) >= 11 is 0. The van der Waals surface area contributed by atoms with Crippen LogP contribution < -0.4 is 15.1 Å². The van der Waals surface area contributed by atoms with Crippen molar-refractivity contribution in [3.63, 3.8) is 0 Å². The van der Waals surface area contributed by atoms with Crippen LogP contribution in [0.2, 0.25) is 0 Å². The van der Waals surface area contributed by atoms with E-state index >= 15 is 0 Å². The molecule has 268 valence electrons. The Balaban J connectivity index is 1.45. The van der Waals surface area contributed by atoms with Gasteiger partial charge in [0.1, 0.15) is 17.7 Å². The molecule has 11 nitrogen and oxygen atoms in total. The summed E-state index contributed by atoms with van der Waals surface area (Å²) in [4.78, 5) is 61.1. The molecule has 3 heterocycles. The van der Waals surface area contributed by atoms with Crippen molar-refractivity contribution < 1.29 is 33.8 Å². The predicted molar refractivity (Wildman–Crippen MR) is 191 cm³/mol. The summed E-state index contributed by atoms with van der Waals surface area (Å²) < 4.78 is 12.7. The van der Waals surface area contributed by atoms with Gasteiger partial charge >= 0.3 is 5.97 Å². The maximum atomic E-state index is 14.8. The van der Waals surface area contributed by atoms with Crippen LogP contribution in [0.4, 0.5) is 11.4 Å². The Hall–Kier alpha value is -4.48. The highest BCUT2D eigenvalue weighted by Crippen LogP contribution is 2.59. The molecule has 0 aliphatic carbocycles. The second-order valence-corrected chi connectivity index (χ2v) is 13.2. The zero-order chi connectivity index (χ0) is 36.0. The molecular formula is C39H50N4O7. The number of likely N-dealkylation sites (tertiary alicyclic amines) is 1. The fourth-order valence-corrected chi connectivity index (χ4v) is 7.87. The summed E-state index contributed by atoms with van der Waals surface area (Å²) in [6.07, 6.45) is 3.49. The lowest BCUT2D eigenvalue weighted by Crippen LogP contribution is -2.58. The van der Waals surface area contributed by atoms with Gasteiger partial charge in [0.05, 0.1) is 37.1 Å². The minimum Gasteiger partial charge on any atom is -0.455 e. The molecule has 5 rings (SSSR count). The molecule has 3 fully saturated rings. The molecule has 2 aromatic carbocycles. The largest absolute Gasteiger partial charge is 0.455 e. The molecule has 3 aliphatic rings. The first kappa shape index (κ1) is 36.8. The van der Waals surface area contributed by atoms with Gasteiger partial charge in [0.2, 0.25) is 11.8 Å². The van der Waals surface area contributed by atoms with Crippen molar-refractivity contribution in [2.24, 2.45) is 11.8 Å². The van der Waals surface area contributed by atoms with Crippen molar-refractivity contribution in [3.05, 3.63) is 85.5 Å². The number of fused-ring (bicyclic) bond motifs is 1. The van der Waals surface area contributed by atoms with Gasteiger partial charge in [-0.1, -0.05) is 42.5 Å². The third-order valence-corrected chi connectivity index (χ3v) is 10.3. The third-order valence-electron chi connectivity index (χ3n) is 10.3. The van der Waals surface area contributed by atoms with Crippen LogP contribution in [0.1, 0.15) is 58.1 Å². The van der Waals surface area contributed by atoms with Crippen LogP contribution in [-0.2, 0) is 28.7 Å². The van der Waals surface area contributed by atoms with E-state index in [-0.39, 0.29) is 37.9 Å². The van der Waals surface area contributed by atoms with Crippen LogP contribution in [0.15, 0.2) is 79.9 Å². The fraction of sp³-hybridized carbons (Fsp3) is 0.487. The normalized spacial score (nSPS) is 24.6. The Bertz CT molecular complexity index is 1550. The second-order valence-electron chi connectivity index (χ2n) is 13.2. The van der Waals surface area contributed by atoms with E-state index in [2.05, 4.69) is 37.2 Å². The fourth-order valence-electron chi connectivity index (χ4n) is 7.87. The van der Waals surface area contributed by atoms with E-state index in [0.29, 0.717) is 30.5 Å². The van der Waals surface area contributed by atoms with Gasteiger partial charge in [-0.3, -0.25) is 19.2 Å². The molecule has 2 bridgehead atoms. The van der Waals surface area contributed by atoms with Crippen molar-refractivity contribution in [2.75, 3.05) is 42.6 Å². The molecule has 3 aliphatic heterocycles. The summed E-state index contributed by atoms with van der Waals surface area (Å²) in [6, 6.07) is 15.0. The Morgan fingerprint density at radius 1 is 1.08 bits per heavy atom. The molecule has 1 spiro atoms. The van der Waals surface area contributed by atoms with Crippen LogP contribution in [0.5, 0.6) is 0 Å². The number of carbonyl (C=O) groups excluding carboxylic acids is 4. The number of carbonyl (C=O) groups is 4. The smallest absolute Gasteiger partial charge is 0.313 e. The highest BCUT2D eigenvalue weighted by Gasteiger charge is 2.75. The number of rotatable bonds is 17. The molecule has 0 radical (unpaired) electrons. The van der Waals surface area contributed by atoms with Crippen molar-refractivity contribution in [1.82, 2.24) is 10.2 Å². The first-order chi connectivity index (χ1) is 24.1. The summed E-state index contributed by atoms with van der Waals surface area (Å²) in [6.45, 7) is 14.9. The van der Waals surface area contributed by atoms with Crippen molar-refractivity contribution in [1.29, 1.82) is 0 Å². The van der Waals surface area contributed by atoms with Crippen molar-refractivity contribution in [2.45, 2.75) is 76.3 Å². The van der Waals surface area contributed by atoms with E-state index in [9.17, 15) is 24.3 Å². The Labute approximate surface area is 294 Å². The SMILES string of the molecule is C=CCCC(=O)NC[C@H](OC(=O)[C@@H]1[C@@H]2CC[C@]3(O2)[C@H](C(=O)N(CC=C)c2ccc(N(CC)CC)cc2)N([C@H](C)CO)C(=O)[C@@H]13)c1ccccc1. The van der Waals surface area contributed by atoms with E-state index in [4.69, 9.17) is 9.47 Å². The lowest BCUT2D eigenvalue weighted by atomic mass is 9.70. The average molecular weight is 687 g/mol. The van der Waals surface area contributed by atoms with Gasteiger partial charge in [-0.15, -0.1) is 13.2 Å². The number of nitrogens with zero attached hydrogens (tertiary/aromatic N) is 3. The number of ether oxygens (including phenoxy) is 2. The summed E-state index contributed by atoms with van der Waals surface area (Å²) in [5.74, 6) is -3.55. The molecule has 0 unspecified atom stereocenters.